The van der Waals surface area contributed by atoms with Gasteiger partial charge in [0.05, 0.1) is 30.5 Å². The van der Waals surface area contributed by atoms with Gasteiger partial charge in [-0.3, -0.25) is 20.6 Å². The van der Waals surface area contributed by atoms with Crippen molar-refractivity contribution in [2.24, 2.45) is 0 Å². The summed E-state index contributed by atoms with van der Waals surface area (Å²) in [5.41, 5.74) is 11.8. The van der Waals surface area contributed by atoms with Gasteiger partial charge in [-0.25, -0.2) is 9.97 Å². The molecule has 0 aliphatic rings. The number of nitrogens with zero attached hydrogens (tertiary/aromatic N) is 6. The average Bonchev–Trinajstić information content (AvgIpc) is 2.68. The van der Waals surface area contributed by atoms with E-state index >= 15 is 0 Å². The Labute approximate surface area is 150 Å². The Balaban J connectivity index is 2.13. The fourth-order valence-corrected chi connectivity index (χ4v) is 2.12. The monoisotopic (exact) mass is 351 g/mol. The zero-order chi connectivity index (χ0) is 18.8. The van der Waals surface area contributed by atoms with E-state index in [1.165, 1.54) is 12.5 Å². The van der Waals surface area contributed by atoms with Crippen molar-refractivity contribution in [2.45, 2.75) is 12.8 Å². The number of carbonyl (C=O) groups excluding carboxylic acids is 1. The lowest BCUT2D eigenvalue weighted by atomic mass is 10.3. The van der Waals surface area contributed by atoms with Crippen molar-refractivity contribution in [3.8, 4) is 12.1 Å². The lowest BCUT2D eigenvalue weighted by Crippen LogP contribution is -2.31. The van der Waals surface area contributed by atoms with Gasteiger partial charge in [0.15, 0.2) is 11.6 Å². The molecule has 1 amide bonds. The fraction of sp³-hybridized carbons (Fsp3) is 0.250. The molecule has 0 fully saturated rings. The van der Waals surface area contributed by atoms with Crippen molar-refractivity contribution in [3.05, 3.63) is 36.4 Å². The highest BCUT2D eigenvalue weighted by Gasteiger charge is 2.15. The molecule has 0 aliphatic carbocycles. The summed E-state index contributed by atoms with van der Waals surface area (Å²) in [6.07, 6.45) is 4.80. The van der Waals surface area contributed by atoms with Crippen LogP contribution in [0.15, 0.2) is 30.9 Å². The van der Waals surface area contributed by atoms with Crippen molar-refractivity contribution in [1.82, 2.24) is 20.4 Å². The molecule has 0 aromatic carbocycles. The molecule has 0 unspecified atom stereocenters. The molecule has 10 heteroatoms. The van der Waals surface area contributed by atoms with E-state index in [0.717, 1.165) is 0 Å². The van der Waals surface area contributed by atoms with E-state index < -0.39 is 5.91 Å². The maximum atomic E-state index is 12.1. The molecule has 0 aliphatic heterocycles. The van der Waals surface area contributed by atoms with E-state index in [1.807, 2.05) is 12.1 Å². The van der Waals surface area contributed by atoms with Crippen molar-refractivity contribution >= 4 is 23.2 Å². The van der Waals surface area contributed by atoms with Crippen LogP contribution in [0.4, 0.5) is 17.3 Å². The Morgan fingerprint density at radius 2 is 1.96 bits per heavy atom. The minimum Gasteiger partial charge on any atom is -0.393 e. The highest BCUT2D eigenvalue weighted by Crippen LogP contribution is 2.25. The summed E-state index contributed by atoms with van der Waals surface area (Å²) >= 11 is 0. The van der Waals surface area contributed by atoms with Gasteiger partial charge in [0.1, 0.15) is 12.0 Å². The van der Waals surface area contributed by atoms with Gasteiger partial charge in [0.25, 0.3) is 5.91 Å². The van der Waals surface area contributed by atoms with Crippen LogP contribution in [0, 0.1) is 22.7 Å². The molecule has 0 saturated carbocycles. The summed E-state index contributed by atoms with van der Waals surface area (Å²) in [6.45, 7) is 0.752. The lowest BCUT2D eigenvalue weighted by molar-refractivity contribution is 0.0962. The maximum absolute atomic E-state index is 12.1. The number of carbonyl (C=O) groups is 1. The van der Waals surface area contributed by atoms with Crippen LogP contribution in [0.25, 0.3) is 0 Å². The summed E-state index contributed by atoms with van der Waals surface area (Å²) in [6, 6.07) is 7.36. The Kier molecular flexibility index (Phi) is 6.65. The molecule has 2 heterocycles. The SMILES string of the molecule is N#CCCN(CCC#N)c1ncnc(NNC(=O)c2cccnc2)c1N. The zero-order valence-electron chi connectivity index (χ0n) is 13.9. The molecule has 4 N–H and O–H groups in total. The number of nitrogen functional groups attached to an aromatic ring is 1. The zero-order valence-corrected chi connectivity index (χ0v) is 13.9. The van der Waals surface area contributed by atoms with E-state index in [1.54, 1.807) is 23.2 Å². The molecule has 2 aromatic heterocycles. The van der Waals surface area contributed by atoms with Crippen LogP contribution in [0.5, 0.6) is 0 Å². The van der Waals surface area contributed by atoms with Gasteiger partial charge in [-0.05, 0) is 12.1 Å². The number of aromatic nitrogens is 3. The molecule has 26 heavy (non-hydrogen) atoms. The second-order valence-corrected chi connectivity index (χ2v) is 5.08. The van der Waals surface area contributed by atoms with Gasteiger partial charge < -0.3 is 10.6 Å². The largest absolute Gasteiger partial charge is 0.393 e. The van der Waals surface area contributed by atoms with Crippen LogP contribution in [0.3, 0.4) is 0 Å². The minimum atomic E-state index is -0.400. The summed E-state index contributed by atoms with van der Waals surface area (Å²) in [5.74, 6) is 0.207. The average molecular weight is 351 g/mol. The summed E-state index contributed by atoms with van der Waals surface area (Å²) in [5, 5.41) is 17.6. The van der Waals surface area contributed by atoms with Gasteiger partial charge >= 0.3 is 0 Å². The van der Waals surface area contributed by atoms with Gasteiger partial charge in [0.2, 0.25) is 0 Å². The fourth-order valence-electron chi connectivity index (χ4n) is 2.12. The van der Waals surface area contributed by atoms with E-state index in [-0.39, 0.29) is 24.3 Å². The number of anilines is 3. The normalized spacial score (nSPS) is 9.62. The third-order valence-electron chi connectivity index (χ3n) is 3.37. The number of hydrogen-bond acceptors (Lipinski definition) is 9. The van der Waals surface area contributed by atoms with E-state index in [0.29, 0.717) is 24.5 Å². The Morgan fingerprint density at radius 3 is 2.58 bits per heavy atom. The highest BCUT2D eigenvalue weighted by molar-refractivity contribution is 5.94. The van der Waals surface area contributed by atoms with Gasteiger partial charge in [0, 0.05) is 25.5 Å². The number of pyridine rings is 1. The first-order valence-corrected chi connectivity index (χ1v) is 7.73. The van der Waals surface area contributed by atoms with Crippen LogP contribution < -0.4 is 21.5 Å². The van der Waals surface area contributed by atoms with Crippen molar-refractivity contribution in [1.29, 1.82) is 10.5 Å². The minimum absolute atomic E-state index is 0.204. The van der Waals surface area contributed by atoms with Crippen LogP contribution in [-0.4, -0.2) is 33.9 Å². The van der Waals surface area contributed by atoms with E-state index in [9.17, 15) is 4.79 Å². The molecule has 10 nitrogen and oxygen atoms in total. The van der Waals surface area contributed by atoms with Crippen molar-refractivity contribution < 1.29 is 4.79 Å². The lowest BCUT2D eigenvalue weighted by Gasteiger charge is -2.23. The van der Waals surface area contributed by atoms with Crippen LogP contribution in [-0.2, 0) is 0 Å². The number of hydrogen-bond donors (Lipinski definition) is 3. The third kappa shape index (κ3) is 4.79. The van der Waals surface area contributed by atoms with Gasteiger partial charge in [-0.1, -0.05) is 0 Å². The molecular weight excluding hydrogens is 334 g/mol. The number of nitrogens with two attached hydrogens (primary N) is 1. The predicted octanol–water partition coefficient (Wildman–Crippen LogP) is 0.844. The second kappa shape index (κ2) is 9.39. The van der Waals surface area contributed by atoms with Crippen LogP contribution in [0.2, 0.25) is 0 Å². The maximum Gasteiger partial charge on any atom is 0.271 e. The van der Waals surface area contributed by atoms with Crippen molar-refractivity contribution in [3.63, 3.8) is 0 Å². The summed E-state index contributed by atoms with van der Waals surface area (Å²) in [7, 11) is 0. The first-order valence-electron chi connectivity index (χ1n) is 7.73. The number of nitriles is 2. The number of amides is 1. The molecule has 0 radical (unpaired) electrons. The number of hydrazine groups is 1. The molecule has 2 rings (SSSR count). The molecule has 132 valence electrons. The first-order chi connectivity index (χ1) is 12.7. The highest BCUT2D eigenvalue weighted by atomic mass is 16.2. The third-order valence-corrected chi connectivity index (χ3v) is 3.37. The summed E-state index contributed by atoms with van der Waals surface area (Å²) < 4.78 is 0. The quantitative estimate of drug-likeness (QED) is 0.586. The molecular formula is C16H17N9O. The smallest absolute Gasteiger partial charge is 0.271 e. The number of nitrogens with one attached hydrogen (secondary N) is 2. The first kappa shape index (κ1) is 18.4. The molecule has 0 bridgehead atoms. The Hall–Kier alpha value is -3.92. The second-order valence-electron chi connectivity index (χ2n) is 5.08. The van der Waals surface area contributed by atoms with Crippen molar-refractivity contribution in [2.75, 3.05) is 29.1 Å². The van der Waals surface area contributed by atoms with E-state index in [4.69, 9.17) is 16.3 Å². The Bertz CT molecular complexity index is 808. The van der Waals surface area contributed by atoms with Gasteiger partial charge in [-0.15, -0.1) is 0 Å². The van der Waals surface area contributed by atoms with Gasteiger partial charge in [-0.2, -0.15) is 10.5 Å². The van der Waals surface area contributed by atoms with Crippen LogP contribution in [0.1, 0.15) is 23.2 Å². The molecule has 2 aromatic rings. The number of rotatable bonds is 8. The molecule has 0 atom stereocenters. The standard InChI is InChI=1S/C16H17N9O/c17-5-2-8-25(9-3-6-18)15-13(19)14(21-11-22-15)23-24-16(26)12-4-1-7-20-10-12/h1,4,7,10-11H,2-3,8-9,19H2,(H,24,26)(H,21,22,23). The molecule has 0 spiro atoms. The predicted molar refractivity (Wildman–Crippen MR) is 94.4 cm³/mol. The Morgan fingerprint density at radius 1 is 1.23 bits per heavy atom. The summed E-state index contributed by atoms with van der Waals surface area (Å²) in [4.78, 5) is 25.8. The molecule has 0 saturated heterocycles. The van der Waals surface area contributed by atoms with E-state index in [2.05, 4.69) is 25.8 Å². The topological polar surface area (TPSA) is 157 Å². The van der Waals surface area contributed by atoms with Crippen LogP contribution >= 0.6 is 0 Å².